The van der Waals surface area contributed by atoms with Gasteiger partial charge in [-0.25, -0.2) is 13.4 Å². The van der Waals surface area contributed by atoms with Gasteiger partial charge in [0.1, 0.15) is 10.7 Å². The molecule has 0 amide bonds. The summed E-state index contributed by atoms with van der Waals surface area (Å²) < 4.78 is 27.8. The summed E-state index contributed by atoms with van der Waals surface area (Å²) >= 11 is 9.21. The van der Waals surface area contributed by atoms with E-state index in [-0.39, 0.29) is 15.7 Å². The third-order valence-corrected chi connectivity index (χ3v) is 4.85. The average Bonchev–Trinajstić information content (AvgIpc) is 2.25. The van der Waals surface area contributed by atoms with Crippen LogP contribution in [0.2, 0.25) is 5.02 Å². The van der Waals surface area contributed by atoms with E-state index < -0.39 is 10.0 Å². The number of pyridine rings is 1. The molecular formula is C13H12BrClN2O2S. The van der Waals surface area contributed by atoms with E-state index >= 15 is 0 Å². The van der Waals surface area contributed by atoms with Gasteiger partial charge in [0.05, 0.1) is 5.02 Å². The van der Waals surface area contributed by atoms with Crippen LogP contribution in [0.3, 0.4) is 0 Å². The molecule has 1 heterocycles. The predicted octanol–water partition coefficient (Wildman–Crippen LogP) is 3.92. The summed E-state index contributed by atoms with van der Waals surface area (Å²) in [4.78, 5) is 4.17. The lowest BCUT2D eigenvalue weighted by Crippen LogP contribution is -2.14. The Morgan fingerprint density at radius 3 is 2.50 bits per heavy atom. The van der Waals surface area contributed by atoms with Crippen molar-refractivity contribution in [3.8, 4) is 0 Å². The first-order chi connectivity index (χ1) is 9.28. The predicted molar refractivity (Wildman–Crippen MR) is 83.7 cm³/mol. The lowest BCUT2D eigenvalue weighted by atomic mass is 10.2. The zero-order valence-corrected chi connectivity index (χ0v) is 14.0. The summed E-state index contributed by atoms with van der Waals surface area (Å²) in [5, 5.41) is 0.149. The number of halogens is 2. The lowest BCUT2D eigenvalue weighted by molar-refractivity contribution is 0.601. The van der Waals surface area contributed by atoms with Crippen molar-refractivity contribution in [2.75, 3.05) is 4.72 Å². The van der Waals surface area contributed by atoms with E-state index in [4.69, 9.17) is 11.6 Å². The number of rotatable bonds is 3. The Labute approximate surface area is 131 Å². The number of aryl methyl sites for hydroxylation is 2. The number of nitrogens with one attached hydrogen (secondary N) is 1. The molecule has 2 rings (SSSR count). The second kappa shape index (κ2) is 5.71. The quantitative estimate of drug-likeness (QED) is 0.884. The third-order valence-electron chi connectivity index (χ3n) is 2.52. The van der Waals surface area contributed by atoms with E-state index in [0.717, 1.165) is 11.3 Å². The summed E-state index contributed by atoms with van der Waals surface area (Å²) in [6.45, 7) is 3.68. The van der Waals surface area contributed by atoms with E-state index in [2.05, 4.69) is 25.6 Å². The van der Waals surface area contributed by atoms with Crippen LogP contribution in [0.25, 0.3) is 0 Å². The van der Waals surface area contributed by atoms with Gasteiger partial charge in [-0.2, -0.15) is 0 Å². The van der Waals surface area contributed by atoms with E-state index in [1.54, 1.807) is 19.1 Å². The highest BCUT2D eigenvalue weighted by Crippen LogP contribution is 2.26. The molecule has 4 nitrogen and oxygen atoms in total. The Bertz CT molecular complexity index is 743. The Balaban J connectivity index is 2.40. The van der Waals surface area contributed by atoms with Crippen LogP contribution in [-0.4, -0.2) is 13.4 Å². The van der Waals surface area contributed by atoms with Crippen LogP contribution in [0.1, 0.15) is 11.3 Å². The summed E-state index contributed by atoms with van der Waals surface area (Å²) in [5.74, 6) is 0.279. The molecule has 0 radical (unpaired) electrons. The Morgan fingerprint density at radius 2 is 1.90 bits per heavy atom. The van der Waals surface area contributed by atoms with Crippen molar-refractivity contribution in [1.29, 1.82) is 0 Å². The van der Waals surface area contributed by atoms with E-state index in [9.17, 15) is 8.42 Å². The van der Waals surface area contributed by atoms with Crippen molar-refractivity contribution in [3.05, 3.63) is 51.1 Å². The van der Waals surface area contributed by atoms with Crippen LogP contribution in [0, 0.1) is 13.8 Å². The van der Waals surface area contributed by atoms with Crippen LogP contribution < -0.4 is 4.72 Å². The van der Waals surface area contributed by atoms with Gasteiger partial charge >= 0.3 is 0 Å². The molecule has 20 heavy (non-hydrogen) atoms. The van der Waals surface area contributed by atoms with Crippen molar-refractivity contribution in [2.45, 2.75) is 18.7 Å². The van der Waals surface area contributed by atoms with Gasteiger partial charge in [-0.1, -0.05) is 27.5 Å². The minimum atomic E-state index is -3.76. The fraction of sp³-hybridized carbons (Fsp3) is 0.154. The molecule has 0 aliphatic carbocycles. The number of anilines is 1. The maximum atomic E-state index is 12.3. The highest BCUT2D eigenvalue weighted by molar-refractivity contribution is 9.10. The van der Waals surface area contributed by atoms with E-state index in [1.807, 2.05) is 13.0 Å². The molecule has 0 aliphatic heterocycles. The minimum Gasteiger partial charge on any atom is -0.263 e. The standard InChI is InChI=1S/C13H12BrClN2O2S/c1-8-5-9(2)16-13(6-8)17-20(18,19)12-4-3-10(14)7-11(12)15/h3-7H,1-2H3,(H,16,17). The fourth-order valence-electron chi connectivity index (χ4n) is 1.78. The van der Waals surface area contributed by atoms with Crippen molar-refractivity contribution in [2.24, 2.45) is 0 Å². The maximum Gasteiger partial charge on any atom is 0.264 e. The molecule has 2 aromatic rings. The maximum absolute atomic E-state index is 12.3. The van der Waals surface area contributed by atoms with E-state index in [1.165, 1.54) is 12.1 Å². The topological polar surface area (TPSA) is 59.1 Å². The zero-order valence-electron chi connectivity index (χ0n) is 10.8. The first-order valence-corrected chi connectivity index (χ1v) is 8.36. The Hall–Kier alpha value is -1.11. The summed E-state index contributed by atoms with van der Waals surface area (Å²) in [7, 11) is -3.76. The van der Waals surface area contributed by atoms with Gasteiger partial charge < -0.3 is 0 Å². The second-order valence-corrected chi connectivity index (χ2v) is 7.33. The first kappa shape index (κ1) is 15.3. The molecule has 0 bridgehead atoms. The zero-order chi connectivity index (χ0) is 14.9. The van der Waals surface area contributed by atoms with Gasteiger partial charge in [-0.15, -0.1) is 0 Å². The number of sulfonamides is 1. The highest BCUT2D eigenvalue weighted by atomic mass is 79.9. The SMILES string of the molecule is Cc1cc(C)nc(NS(=O)(=O)c2ccc(Br)cc2Cl)c1. The summed E-state index contributed by atoms with van der Waals surface area (Å²) in [5.41, 5.74) is 1.67. The van der Waals surface area contributed by atoms with Crippen LogP contribution in [0.15, 0.2) is 39.7 Å². The van der Waals surface area contributed by atoms with Crippen LogP contribution in [-0.2, 0) is 10.0 Å². The fourth-order valence-corrected chi connectivity index (χ4v) is 3.81. The summed E-state index contributed by atoms with van der Waals surface area (Å²) in [6.07, 6.45) is 0. The normalized spacial score (nSPS) is 11.4. The third kappa shape index (κ3) is 3.50. The van der Waals surface area contributed by atoms with Crippen molar-refractivity contribution < 1.29 is 8.42 Å². The van der Waals surface area contributed by atoms with Gasteiger partial charge in [0.2, 0.25) is 0 Å². The molecule has 0 saturated heterocycles. The molecule has 0 atom stereocenters. The first-order valence-electron chi connectivity index (χ1n) is 5.71. The van der Waals surface area contributed by atoms with Gasteiger partial charge in [0.25, 0.3) is 10.0 Å². The Kier molecular flexibility index (Phi) is 4.36. The minimum absolute atomic E-state index is 0.0170. The number of hydrogen-bond acceptors (Lipinski definition) is 3. The monoisotopic (exact) mass is 374 g/mol. The molecule has 0 saturated carbocycles. The van der Waals surface area contributed by atoms with Gasteiger partial charge in [-0.3, -0.25) is 4.72 Å². The molecule has 0 fully saturated rings. The van der Waals surface area contributed by atoms with Crippen molar-refractivity contribution in [3.63, 3.8) is 0 Å². The second-order valence-electron chi connectivity index (χ2n) is 4.35. The van der Waals surface area contributed by atoms with Crippen molar-refractivity contribution >= 4 is 43.4 Å². The van der Waals surface area contributed by atoms with Crippen molar-refractivity contribution in [1.82, 2.24) is 4.98 Å². The molecule has 1 aromatic carbocycles. The Morgan fingerprint density at radius 1 is 1.20 bits per heavy atom. The number of aromatic nitrogens is 1. The molecular weight excluding hydrogens is 364 g/mol. The lowest BCUT2D eigenvalue weighted by Gasteiger charge is -2.10. The average molecular weight is 376 g/mol. The largest absolute Gasteiger partial charge is 0.264 e. The van der Waals surface area contributed by atoms with Crippen LogP contribution in [0.4, 0.5) is 5.82 Å². The smallest absolute Gasteiger partial charge is 0.263 e. The number of nitrogens with zero attached hydrogens (tertiary/aromatic N) is 1. The summed E-state index contributed by atoms with van der Waals surface area (Å²) in [6, 6.07) is 8.12. The molecule has 1 N–H and O–H groups in total. The van der Waals surface area contributed by atoms with Gasteiger partial charge in [0.15, 0.2) is 0 Å². The molecule has 0 aliphatic rings. The highest BCUT2D eigenvalue weighted by Gasteiger charge is 2.18. The molecule has 0 spiro atoms. The van der Waals surface area contributed by atoms with Crippen LogP contribution in [0.5, 0.6) is 0 Å². The van der Waals surface area contributed by atoms with Gasteiger partial charge in [-0.05, 0) is 49.7 Å². The molecule has 7 heteroatoms. The van der Waals surface area contributed by atoms with Crippen LogP contribution >= 0.6 is 27.5 Å². The number of benzene rings is 1. The molecule has 1 aromatic heterocycles. The van der Waals surface area contributed by atoms with Gasteiger partial charge in [0, 0.05) is 10.2 Å². The number of hydrogen-bond donors (Lipinski definition) is 1. The molecule has 106 valence electrons. The molecule has 0 unspecified atom stereocenters. The van der Waals surface area contributed by atoms with E-state index in [0.29, 0.717) is 4.47 Å².